The van der Waals surface area contributed by atoms with Crippen molar-refractivity contribution in [1.82, 2.24) is 5.32 Å². The summed E-state index contributed by atoms with van der Waals surface area (Å²) in [7, 11) is 1.18. The minimum Gasteiger partial charge on any atom is -0.756 e. The molecule has 0 aliphatic carbocycles. The van der Waals surface area contributed by atoms with Crippen molar-refractivity contribution in [2.24, 2.45) is 0 Å². The van der Waals surface area contributed by atoms with Gasteiger partial charge in [-0.25, -0.2) is 0 Å². The fourth-order valence-electron chi connectivity index (χ4n) is 8.49. The summed E-state index contributed by atoms with van der Waals surface area (Å²) in [4.78, 5) is 39.9. The van der Waals surface area contributed by atoms with Crippen LogP contribution in [0.15, 0.2) is 72.9 Å². The van der Waals surface area contributed by atoms with Crippen LogP contribution in [0.4, 0.5) is 0 Å². The first kappa shape index (κ1) is 70.5. The number of phosphoric ester groups is 1. The number of carbonyl (C=O) groups is 2. The minimum absolute atomic E-state index is 0.0253. The Bertz CT molecular complexity index is 1480. The standard InChI is InChI=1S/C63H115N2O7P/c1-7-10-13-16-19-22-25-27-28-29-30-31-32-33-34-35-36-38-41-44-47-50-53-56-63(67)72-61(54-51-48-45-42-40-37-26-23-20-17-14-11-8-2)60(59-71-73(68,69)70-58-57-65(4,5)6)64-62(66)55-52-49-46-43-39-24-21-18-15-12-9-3/h10,13,19,22,27-28,30-31,33-34,51,54,60-61H,7-9,11-12,14-18,20-21,23-26,29,32,35-50,52-53,55-59H2,1-6H3,(H-,64,66,68,69)/b13-10-,22-19-,28-27-,31-30-,34-33-,54-51-. The quantitative estimate of drug-likeness (QED) is 0.0212. The van der Waals surface area contributed by atoms with E-state index in [0.29, 0.717) is 17.4 Å². The van der Waals surface area contributed by atoms with Gasteiger partial charge in [-0.1, -0.05) is 248 Å². The summed E-state index contributed by atoms with van der Waals surface area (Å²) in [5, 5.41) is 3.02. The number of ether oxygens (including phenoxy) is 1. The number of hydrogen-bond acceptors (Lipinski definition) is 7. The largest absolute Gasteiger partial charge is 0.756 e. The van der Waals surface area contributed by atoms with E-state index in [1.165, 1.54) is 128 Å². The molecule has 0 rings (SSSR count). The van der Waals surface area contributed by atoms with Crippen LogP contribution in [0.1, 0.15) is 265 Å². The predicted molar refractivity (Wildman–Crippen MR) is 312 cm³/mol. The Hall–Kier alpha value is -2.55. The summed E-state index contributed by atoms with van der Waals surface area (Å²) in [6, 6.07) is -0.892. The van der Waals surface area contributed by atoms with Crippen LogP contribution in [0.3, 0.4) is 0 Å². The fourth-order valence-corrected chi connectivity index (χ4v) is 9.21. The van der Waals surface area contributed by atoms with Gasteiger partial charge in [-0.05, 0) is 76.7 Å². The molecule has 0 radical (unpaired) electrons. The second kappa shape index (κ2) is 52.9. The lowest BCUT2D eigenvalue weighted by Gasteiger charge is -2.30. The van der Waals surface area contributed by atoms with Crippen LogP contribution in [-0.4, -0.2) is 69.4 Å². The fraction of sp³-hybridized carbons (Fsp3) is 0.778. The number of rotatable bonds is 54. The van der Waals surface area contributed by atoms with Crippen LogP contribution in [0.2, 0.25) is 0 Å². The second-order valence-corrected chi connectivity index (χ2v) is 22.9. The van der Waals surface area contributed by atoms with Gasteiger partial charge in [0.05, 0.1) is 33.8 Å². The van der Waals surface area contributed by atoms with Gasteiger partial charge in [0.1, 0.15) is 19.3 Å². The van der Waals surface area contributed by atoms with Gasteiger partial charge in [-0.2, -0.15) is 0 Å². The van der Waals surface area contributed by atoms with Gasteiger partial charge in [-0.3, -0.25) is 14.2 Å². The van der Waals surface area contributed by atoms with Gasteiger partial charge in [0.25, 0.3) is 7.82 Å². The first-order valence-electron chi connectivity index (χ1n) is 30.2. The zero-order valence-electron chi connectivity index (χ0n) is 48.3. The van der Waals surface area contributed by atoms with E-state index in [4.69, 9.17) is 13.8 Å². The van der Waals surface area contributed by atoms with Crippen LogP contribution < -0.4 is 10.2 Å². The van der Waals surface area contributed by atoms with E-state index in [0.717, 1.165) is 103 Å². The highest BCUT2D eigenvalue weighted by Crippen LogP contribution is 2.38. The zero-order chi connectivity index (χ0) is 53.6. The van der Waals surface area contributed by atoms with E-state index in [2.05, 4.69) is 86.8 Å². The minimum atomic E-state index is -4.70. The Kier molecular flexibility index (Phi) is 51.0. The summed E-state index contributed by atoms with van der Waals surface area (Å²) in [5.41, 5.74) is 0. The first-order valence-corrected chi connectivity index (χ1v) is 31.7. The second-order valence-electron chi connectivity index (χ2n) is 21.5. The molecule has 0 spiro atoms. The average Bonchev–Trinajstić information content (AvgIpc) is 3.35. The van der Waals surface area contributed by atoms with Crippen LogP contribution >= 0.6 is 7.82 Å². The number of nitrogens with one attached hydrogen (secondary N) is 1. The summed E-state index contributed by atoms with van der Waals surface area (Å²) in [6.45, 7) is 6.72. The molecule has 0 fully saturated rings. The number of esters is 1. The van der Waals surface area contributed by atoms with Gasteiger partial charge in [0, 0.05) is 12.8 Å². The maximum Gasteiger partial charge on any atom is 0.306 e. The molecule has 73 heavy (non-hydrogen) atoms. The molecule has 9 nitrogen and oxygen atoms in total. The highest BCUT2D eigenvalue weighted by molar-refractivity contribution is 7.45. The van der Waals surface area contributed by atoms with Crippen LogP contribution in [-0.2, 0) is 27.9 Å². The van der Waals surface area contributed by atoms with Crippen molar-refractivity contribution in [3.05, 3.63) is 72.9 Å². The van der Waals surface area contributed by atoms with Crippen molar-refractivity contribution in [3.63, 3.8) is 0 Å². The SMILES string of the molecule is CC/C=C\C/C=C\C/C=C\C/C=C\C/C=C\CCCCCCCCCC(=O)OC(/C=C\CCCCCCCCCCCCC)C(COP(=O)([O-])OCC[N+](C)(C)C)NC(=O)CCCCCCCCCCCCC. The number of allylic oxidation sites excluding steroid dienone is 11. The molecule has 0 aliphatic heterocycles. The lowest BCUT2D eigenvalue weighted by Crippen LogP contribution is -2.47. The van der Waals surface area contributed by atoms with E-state index in [1.54, 1.807) is 0 Å². The maximum absolute atomic E-state index is 13.5. The molecule has 0 aromatic heterocycles. The van der Waals surface area contributed by atoms with E-state index in [-0.39, 0.29) is 24.9 Å². The Morgan fingerprint density at radius 3 is 1.32 bits per heavy atom. The van der Waals surface area contributed by atoms with E-state index in [1.807, 2.05) is 33.3 Å². The van der Waals surface area contributed by atoms with Gasteiger partial charge < -0.3 is 28.5 Å². The molecule has 424 valence electrons. The number of carbonyl (C=O) groups excluding carboxylic acids is 2. The number of hydrogen-bond donors (Lipinski definition) is 1. The lowest BCUT2D eigenvalue weighted by molar-refractivity contribution is -0.870. The number of quaternary nitrogens is 1. The molecule has 0 bridgehead atoms. The van der Waals surface area contributed by atoms with Gasteiger partial charge in [0.2, 0.25) is 5.91 Å². The summed E-state index contributed by atoms with van der Waals surface area (Å²) in [6.07, 6.45) is 67.2. The summed E-state index contributed by atoms with van der Waals surface area (Å²) < 4.78 is 30.3. The molecule has 0 aromatic carbocycles. The molecule has 1 N–H and O–H groups in total. The molecule has 0 saturated carbocycles. The Balaban J connectivity index is 5.23. The van der Waals surface area contributed by atoms with E-state index in [9.17, 15) is 19.0 Å². The Labute approximate surface area is 451 Å². The van der Waals surface area contributed by atoms with Crippen molar-refractivity contribution in [2.75, 3.05) is 40.9 Å². The number of nitrogens with zero attached hydrogens (tertiary/aromatic N) is 1. The summed E-state index contributed by atoms with van der Waals surface area (Å²) >= 11 is 0. The van der Waals surface area contributed by atoms with Crippen LogP contribution in [0.5, 0.6) is 0 Å². The number of likely N-dealkylation sites (N-methyl/N-ethyl adjacent to an activating group) is 1. The molecule has 0 aromatic rings. The van der Waals surface area contributed by atoms with E-state index < -0.39 is 26.6 Å². The third-order valence-electron chi connectivity index (χ3n) is 13.2. The van der Waals surface area contributed by atoms with Gasteiger partial charge in [0.15, 0.2) is 0 Å². The molecule has 3 unspecified atom stereocenters. The van der Waals surface area contributed by atoms with Crippen molar-refractivity contribution in [2.45, 2.75) is 277 Å². The first-order chi connectivity index (χ1) is 35.4. The van der Waals surface area contributed by atoms with Crippen molar-refractivity contribution in [1.29, 1.82) is 0 Å². The monoisotopic (exact) mass is 1040 g/mol. The van der Waals surface area contributed by atoms with Gasteiger partial charge >= 0.3 is 5.97 Å². The molecule has 1 amide bonds. The predicted octanol–water partition coefficient (Wildman–Crippen LogP) is 17.8. The maximum atomic E-state index is 13.5. The zero-order valence-corrected chi connectivity index (χ0v) is 49.2. The molecule has 0 heterocycles. The normalized spacial score (nSPS) is 14.2. The molecule has 10 heteroatoms. The van der Waals surface area contributed by atoms with Crippen LogP contribution in [0, 0.1) is 0 Å². The Morgan fingerprint density at radius 1 is 0.493 bits per heavy atom. The molecular weight excluding hydrogens is 928 g/mol. The topological polar surface area (TPSA) is 114 Å². The highest BCUT2D eigenvalue weighted by atomic mass is 31.2. The molecule has 0 saturated heterocycles. The van der Waals surface area contributed by atoms with Gasteiger partial charge in [-0.15, -0.1) is 0 Å². The number of unbranched alkanes of at least 4 members (excludes halogenated alkanes) is 28. The third kappa shape index (κ3) is 54.1. The Morgan fingerprint density at radius 2 is 0.877 bits per heavy atom. The summed E-state index contributed by atoms with van der Waals surface area (Å²) in [5.74, 6) is -0.551. The number of amides is 1. The van der Waals surface area contributed by atoms with Crippen molar-refractivity contribution < 1.29 is 37.3 Å². The molecule has 3 atom stereocenters. The van der Waals surface area contributed by atoms with Crippen molar-refractivity contribution in [3.8, 4) is 0 Å². The molecule has 0 aliphatic rings. The van der Waals surface area contributed by atoms with Crippen LogP contribution in [0.25, 0.3) is 0 Å². The van der Waals surface area contributed by atoms with Crippen molar-refractivity contribution >= 4 is 19.7 Å². The lowest BCUT2D eigenvalue weighted by atomic mass is 10.0. The highest BCUT2D eigenvalue weighted by Gasteiger charge is 2.27. The van der Waals surface area contributed by atoms with E-state index >= 15 is 0 Å². The third-order valence-corrected chi connectivity index (χ3v) is 14.1. The molecular formula is C63H115N2O7P. The average molecular weight is 1040 g/mol. The number of phosphoric acid groups is 1. The smallest absolute Gasteiger partial charge is 0.306 e.